The molecular weight excluding hydrogens is 492 g/mol. The van der Waals surface area contributed by atoms with Gasteiger partial charge in [0, 0.05) is 11.4 Å². The van der Waals surface area contributed by atoms with Gasteiger partial charge in [-0.1, -0.05) is 51.0 Å². The quantitative estimate of drug-likeness (QED) is 0.337. The molecule has 32 heavy (non-hydrogen) atoms. The van der Waals surface area contributed by atoms with Gasteiger partial charge in [0.1, 0.15) is 5.58 Å². The van der Waals surface area contributed by atoms with E-state index in [-0.39, 0.29) is 22.5 Å². The molecule has 8 heteroatoms. The van der Waals surface area contributed by atoms with Crippen LogP contribution in [0.1, 0.15) is 55.6 Å². The van der Waals surface area contributed by atoms with E-state index in [0.29, 0.717) is 26.7 Å². The number of benzene rings is 2. The average Bonchev–Trinajstić information content (AvgIpc) is 3.27. The third kappa shape index (κ3) is 3.13. The molecule has 0 bridgehead atoms. The SMILES string of the molecule is CC(=O)c1sc(N2C(=O)c3oc4ccc(C)cc4c(=O)c3C2c2ccc(Br)cc2)nc1C. The minimum Gasteiger partial charge on any atom is -0.450 e. The predicted octanol–water partition coefficient (Wildman–Crippen LogP) is 5.58. The third-order valence-corrected chi connectivity index (χ3v) is 7.31. The van der Waals surface area contributed by atoms with E-state index in [2.05, 4.69) is 20.9 Å². The lowest BCUT2D eigenvalue weighted by molar-refractivity contribution is 0.0969. The summed E-state index contributed by atoms with van der Waals surface area (Å²) in [5.74, 6) is -0.557. The number of aromatic nitrogens is 1. The molecule has 1 aliphatic heterocycles. The van der Waals surface area contributed by atoms with Crippen molar-refractivity contribution >= 4 is 55.1 Å². The van der Waals surface area contributed by atoms with Crippen LogP contribution in [0, 0.1) is 13.8 Å². The molecule has 0 aliphatic carbocycles. The summed E-state index contributed by atoms with van der Waals surface area (Å²) < 4.78 is 6.85. The Morgan fingerprint density at radius 3 is 2.50 bits per heavy atom. The Morgan fingerprint density at radius 2 is 1.84 bits per heavy atom. The Hall–Kier alpha value is -3.10. The number of halogens is 1. The number of carbonyl (C=O) groups is 2. The van der Waals surface area contributed by atoms with E-state index < -0.39 is 11.9 Å². The Kier molecular flexibility index (Phi) is 4.87. The maximum absolute atomic E-state index is 13.6. The first-order chi connectivity index (χ1) is 15.3. The van der Waals surface area contributed by atoms with Gasteiger partial charge in [0.2, 0.25) is 5.76 Å². The second-order valence-electron chi connectivity index (χ2n) is 7.77. The molecule has 0 saturated carbocycles. The number of carbonyl (C=O) groups excluding carboxylic acids is 2. The monoisotopic (exact) mass is 508 g/mol. The molecule has 0 fully saturated rings. The molecule has 160 valence electrons. The highest BCUT2D eigenvalue weighted by atomic mass is 79.9. The molecular formula is C24H17BrN2O4S. The molecule has 0 saturated heterocycles. The normalized spacial score (nSPS) is 15.4. The van der Waals surface area contributed by atoms with E-state index in [1.54, 1.807) is 19.1 Å². The van der Waals surface area contributed by atoms with Crippen molar-refractivity contribution in [2.45, 2.75) is 26.8 Å². The first-order valence-corrected chi connectivity index (χ1v) is 11.5. The summed E-state index contributed by atoms with van der Waals surface area (Å²) in [5, 5.41) is 0.789. The number of aryl methyl sites for hydroxylation is 2. The van der Waals surface area contributed by atoms with Gasteiger partial charge in [-0.15, -0.1) is 0 Å². The summed E-state index contributed by atoms with van der Waals surface area (Å²) in [4.78, 5) is 45.7. The molecule has 4 aromatic rings. The second-order valence-corrected chi connectivity index (χ2v) is 9.66. The summed E-state index contributed by atoms with van der Waals surface area (Å²) in [7, 11) is 0. The van der Waals surface area contributed by atoms with Crippen LogP contribution in [0.5, 0.6) is 0 Å². The van der Waals surface area contributed by atoms with Gasteiger partial charge in [-0.05, 0) is 43.7 Å². The standard InChI is InChI=1S/C24H17BrN2O4S/c1-11-4-9-17-16(10-11)20(29)18-19(14-5-7-15(25)8-6-14)27(23(30)21(18)31-17)24-26-12(2)22(32-24)13(3)28/h4-10,19H,1-3H3. The number of Topliss-reactive ketones (excluding diaryl/α,β-unsaturated/α-hetero) is 1. The number of hydrogen-bond acceptors (Lipinski definition) is 6. The fourth-order valence-electron chi connectivity index (χ4n) is 4.06. The minimum absolute atomic E-state index is 0.0106. The average molecular weight is 509 g/mol. The molecule has 2 aromatic carbocycles. The first kappa shape index (κ1) is 20.8. The zero-order chi connectivity index (χ0) is 22.7. The zero-order valence-corrected chi connectivity index (χ0v) is 19.8. The van der Waals surface area contributed by atoms with E-state index in [0.717, 1.165) is 26.9 Å². The van der Waals surface area contributed by atoms with Crippen molar-refractivity contribution in [1.82, 2.24) is 4.98 Å². The summed E-state index contributed by atoms with van der Waals surface area (Å²) in [6.45, 7) is 5.11. The predicted molar refractivity (Wildman–Crippen MR) is 127 cm³/mol. The Bertz CT molecular complexity index is 1490. The fraction of sp³-hybridized carbons (Fsp3) is 0.167. The van der Waals surface area contributed by atoms with Gasteiger partial charge in [-0.3, -0.25) is 19.3 Å². The number of rotatable bonds is 3. The van der Waals surface area contributed by atoms with Gasteiger partial charge in [0.15, 0.2) is 16.3 Å². The van der Waals surface area contributed by atoms with Crippen molar-refractivity contribution in [3.63, 3.8) is 0 Å². The molecule has 3 heterocycles. The van der Waals surface area contributed by atoms with Crippen LogP contribution in [0.15, 0.2) is 56.1 Å². The first-order valence-electron chi connectivity index (χ1n) is 9.91. The van der Waals surface area contributed by atoms with Crippen LogP contribution in [-0.2, 0) is 0 Å². The number of fused-ring (bicyclic) bond motifs is 2. The molecule has 6 nitrogen and oxygen atoms in total. The Morgan fingerprint density at radius 1 is 1.12 bits per heavy atom. The number of anilines is 1. The lowest BCUT2D eigenvalue weighted by Gasteiger charge is -2.22. The highest BCUT2D eigenvalue weighted by Gasteiger charge is 2.45. The van der Waals surface area contributed by atoms with E-state index in [1.165, 1.54) is 11.8 Å². The van der Waals surface area contributed by atoms with Crippen molar-refractivity contribution in [3.05, 3.63) is 90.2 Å². The maximum Gasteiger partial charge on any atom is 0.297 e. The van der Waals surface area contributed by atoms with Crippen LogP contribution in [0.25, 0.3) is 11.0 Å². The van der Waals surface area contributed by atoms with Gasteiger partial charge < -0.3 is 4.42 Å². The van der Waals surface area contributed by atoms with Crippen molar-refractivity contribution in [1.29, 1.82) is 0 Å². The van der Waals surface area contributed by atoms with Gasteiger partial charge in [-0.25, -0.2) is 4.98 Å². The molecule has 0 radical (unpaired) electrons. The minimum atomic E-state index is -0.711. The maximum atomic E-state index is 13.6. The highest BCUT2D eigenvalue weighted by molar-refractivity contribution is 9.10. The van der Waals surface area contributed by atoms with Crippen LogP contribution in [0.3, 0.4) is 0 Å². The molecule has 1 unspecified atom stereocenters. The van der Waals surface area contributed by atoms with Crippen LogP contribution in [0.2, 0.25) is 0 Å². The van der Waals surface area contributed by atoms with Crippen LogP contribution >= 0.6 is 27.3 Å². The van der Waals surface area contributed by atoms with Crippen molar-refractivity contribution < 1.29 is 14.0 Å². The number of amides is 1. The topological polar surface area (TPSA) is 80.5 Å². The lowest BCUT2D eigenvalue weighted by Crippen LogP contribution is -2.29. The fourth-order valence-corrected chi connectivity index (χ4v) is 5.31. The Balaban J connectivity index is 1.81. The number of ketones is 1. The summed E-state index contributed by atoms with van der Waals surface area (Å²) >= 11 is 4.58. The van der Waals surface area contributed by atoms with E-state index in [1.807, 2.05) is 37.3 Å². The van der Waals surface area contributed by atoms with Gasteiger partial charge in [-0.2, -0.15) is 0 Å². The molecule has 0 spiro atoms. The van der Waals surface area contributed by atoms with Crippen molar-refractivity contribution in [2.24, 2.45) is 0 Å². The van der Waals surface area contributed by atoms with E-state index in [4.69, 9.17) is 4.42 Å². The summed E-state index contributed by atoms with van der Waals surface area (Å²) in [5.41, 5.74) is 2.63. The third-order valence-electron chi connectivity index (χ3n) is 5.52. The van der Waals surface area contributed by atoms with Gasteiger partial charge >= 0.3 is 0 Å². The molecule has 5 rings (SSSR count). The van der Waals surface area contributed by atoms with Gasteiger partial charge in [0.25, 0.3) is 5.91 Å². The van der Waals surface area contributed by atoms with Crippen LogP contribution < -0.4 is 10.3 Å². The molecule has 1 atom stereocenters. The number of nitrogens with zero attached hydrogens (tertiary/aromatic N) is 2. The zero-order valence-electron chi connectivity index (χ0n) is 17.4. The van der Waals surface area contributed by atoms with Crippen LogP contribution in [-0.4, -0.2) is 16.7 Å². The molecule has 1 aliphatic rings. The number of thiazole rings is 1. The smallest absolute Gasteiger partial charge is 0.297 e. The lowest BCUT2D eigenvalue weighted by atomic mass is 9.98. The van der Waals surface area contributed by atoms with Gasteiger partial charge in [0.05, 0.1) is 27.6 Å². The van der Waals surface area contributed by atoms with E-state index >= 15 is 0 Å². The van der Waals surface area contributed by atoms with Crippen molar-refractivity contribution in [2.75, 3.05) is 4.90 Å². The highest BCUT2D eigenvalue weighted by Crippen LogP contribution is 2.43. The van der Waals surface area contributed by atoms with Crippen LogP contribution in [0.4, 0.5) is 5.13 Å². The second kappa shape index (κ2) is 7.50. The summed E-state index contributed by atoms with van der Waals surface area (Å²) in [6.07, 6.45) is 0. The Labute approximate surface area is 195 Å². The van der Waals surface area contributed by atoms with Crippen molar-refractivity contribution in [3.8, 4) is 0 Å². The molecule has 1 amide bonds. The molecule has 2 aromatic heterocycles. The van der Waals surface area contributed by atoms with E-state index in [9.17, 15) is 14.4 Å². The largest absolute Gasteiger partial charge is 0.450 e. The number of hydrogen-bond donors (Lipinski definition) is 0. The molecule has 0 N–H and O–H groups in total. The summed E-state index contributed by atoms with van der Waals surface area (Å²) in [6, 6.07) is 12.0.